The van der Waals surface area contributed by atoms with Gasteiger partial charge in [0.05, 0.1) is 10.5 Å². The molecule has 0 atom stereocenters. The lowest BCUT2D eigenvalue weighted by atomic mass is 10.0. The molecule has 1 amide bonds. The largest absolute Gasteiger partial charge is 0.336 e. The fourth-order valence-electron chi connectivity index (χ4n) is 1.64. The molecule has 18 heavy (non-hydrogen) atoms. The Kier molecular flexibility index (Phi) is 2.73. The maximum absolute atomic E-state index is 12.0. The van der Waals surface area contributed by atoms with Gasteiger partial charge in [-0.25, -0.2) is 0 Å². The summed E-state index contributed by atoms with van der Waals surface area (Å²) in [6, 6.07) is 7.37. The van der Waals surface area contributed by atoms with Gasteiger partial charge in [-0.2, -0.15) is 0 Å². The number of carbonyl (C=O) groups is 2. The molecular weight excluding hydrogens is 268 g/mol. The van der Waals surface area contributed by atoms with Gasteiger partial charge in [0.25, 0.3) is 5.78 Å². The van der Waals surface area contributed by atoms with Gasteiger partial charge in [-0.1, -0.05) is 12.1 Å². The van der Waals surface area contributed by atoms with Crippen LogP contribution in [-0.2, 0) is 9.59 Å². The molecule has 1 aliphatic rings. The van der Waals surface area contributed by atoms with Crippen LogP contribution in [0.2, 0.25) is 0 Å². The number of thiophene rings is 2. The van der Waals surface area contributed by atoms with E-state index < -0.39 is 11.7 Å². The lowest BCUT2D eigenvalue weighted by molar-refractivity contribution is -0.132. The van der Waals surface area contributed by atoms with Gasteiger partial charge in [-0.05, 0) is 22.9 Å². The third kappa shape index (κ3) is 1.75. The van der Waals surface area contributed by atoms with Crippen LogP contribution in [0.3, 0.4) is 0 Å². The second-order valence-corrected chi connectivity index (χ2v) is 5.41. The lowest BCUT2D eigenvalue weighted by Gasteiger charge is -2.09. The van der Waals surface area contributed by atoms with E-state index >= 15 is 0 Å². The first-order valence-corrected chi connectivity index (χ1v) is 6.86. The minimum Gasteiger partial charge on any atom is -0.283 e. The van der Waals surface area contributed by atoms with Crippen LogP contribution in [0.25, 0.3) is 11.3 Å². The molecule has 0 fully saturated rings. The van der Waals surface area contributed by atoms with Crippen molar-refractivity contribution in [1.29, 1.82) is 0 Å². The summed E-state index contributed by atoms with van der Waals surface area (Å²) in [4.78, 5) is 24.9. The highest BCUT2D eigenvalue weighted by atomic mass is 32.1. The number of hydrogen-bond acceptors (Lipinski definition) is 5. The summed E-state index contributed by atoms with van der Waals surface area (Å²) in [6.45, 7) is 0. The van der Waals surface area contributed by atoms with Gasteiger partial charge in [0.15, 0.2) is 0 Å². The lowest BCUT2D eigenvalue weighted by Crippen LogP contribution is -2.16. The average molecular weight is 274 g/mol. The Morgan fingerprint density at radius 3 is 2.17 bits per heavy atom. The van der Waals surface area contributed by atoms with Gasteiger partial charge < -0.3 is 0 Å². The first-order valence-electron chi connectivity index (χ1n) is 5.10. The Hall–Kier alpha value is -1.92. The first-order chi connectivity index (χ1) is 8.77. The van der Waals surface area contributed by atoms with Crippen molar-refractivity contribution in [1.82, 2.24) is 0 Å². The zero-order valence-electron chi connectivity index (χ0n) is 8.99. The average Bonchev–Trinajstić information content (AvgIpc) is 3.03. The Morgan fingerprint density at radius 1 is 0.889 bits per heavy atom. The molecule has 0 saturated heterocycles. The van der Waals surface area contributed by atoms with Crippen LogP contribution in [-0.4, -0.2) is 11.7 Å². The molecule has 4 nitrogen and oxygen atoms in total. The molecule has 0 saturated carbocycles. The van der Waals surface area contributed by atoms with Crippen molar-refractivity contribution in [3.05, 3.63) is 44.8 Å². The summed E-state index contributed by atoms with van der Waals surface area (Å²) in [6.07, 6.45) is 0. The quantitative estimate of drug-likeness (QED) is 0.789. The zero-order valence-corrected chi connectivity index (χ0v) is 10.6. The molecule has 2 aromatic rings. The van der Waals surface area contributed by atoms with Crippen molar-refractivity contribution in [2.24, 2.45) is 10.2 Å². The molecule has 0 unspecified atom stereocenters. The minimum absolute atomic E-state index is 0.354. The van der Waals surface area contributed by atoms with Crippen LogP contribution >= 0.6 is 22.7 Å². The normalized spacial score (nSPS) is 15.6. The second-order valence-electron chi connectivity index (χ2n) is 3.51. The van der Waals surface area contributed by atoms with Crippen LogP contribution in [0.1, 0.15) is 9.75 Å². The smallest absolute Gasteiger partial charge is 0.283 e. The molecule has 2 aromatic heterocycles. The van der Waals surface area contributed by atoms with Gasteiger partial charge in [0, 0.05) is 4.88 Å². The van der Waals surface area contributed by atoms with E-state index in [0.717, 1.165) is 9.75 Å². The van der Waals surface area contributed by atoms with E-state index in [9.17, 15) is 9.59 Å². The summed E-state index contributed by atoms with van der Waals surface area (Å²) in [5, 5.41) is 11.0. The Balaban J connectivity index is 2.25. The van der Waals surface area contributed by atoms with Crippen molar-refractivity contribution in [2.75, 3.05) is 0 Å². The van der Waals surface area contributed by atoms with E-state index in [1.807, 2.05) is 29.0 Å². The molecular formula is C12H6N2O2S2. The first kappa shape index (κ1) is 11.2. The van der Waals surface area contributed by atoms with Gasteiger partial charge in [0.2, 0.25) is 0 Å². The molecule has 0 spiro atoms. The number of hydrogen-bond donors (Lipinski definition) is 0. The fraction of sp³-hybridized carbons (Fsp3) is 0. The summed E-state index contributed by atoms with van der Waals surface area (Å²) in [7, 11) is 0. The second kappa shape index (κ2) is 4.40. The maximum Gasteiger partial charge on any atom is 0.336 e. The molecule has 3 rings (SSSR count). The third-order valence-corrected chi connectivity index (χ3v) is 4.19. The van der Waals surface area contributed by atoms with Crippen molar-refractivity contribution in [2.45, 2.75) is 0 Å². The van der Waals surface area contributed by atoms with Crippen molar-refractivity contribution >= 4 is 45.6 Å². The van der Waals surface area contributed by atoms with Gasteiger partial charge >= 0.3 is 5.91 Å². The molecule has 0 N–H and O–H groups in total. The Labute approximate surface area is 110 Å². The topological polar surface area (TPSA) is 58.9 Å². The number of azo groups is 1. The summed E-state index contributed by atoms with van der Waals surface area (Å²) in [5.74, 6) is -1.39. The molecule has 0 radical (unpaired) electrons. The molecule has 0 aliphatic carbocycles. The SMILES string of the molecule is O=C1N=NC(c2cccs2)=C(c2cccs2)C1=O. The number of Topliss-reactive ketones (excluding diaryl/α,β-unsaturated/α-hetero) is 1. The van der Waals surface area contributed by atoms with Crippen molar-refractivity contribution < 1.29 is 9.59 Å². The number of carbonyl (C=O) groups excluding carboxylic acids is 2. The van der Waals surface area contributed by atoms with E-state index in [0.29, 0.717) is 11.3 Å². The monoisotopic (exact) mass is 274 g/mol. The van der Waals surface area contributed by atoms with E-state index in [2.05, 4.69) is 10.2 Å². The van der Waals surface area contributed by atoms with Crippen LogP contribution in [0, 0.1) is 0 Å². The maximum atomic E-state index is 12.0. The Bertz CT molecular complexity index is 667. The van der Waals surface area contributed by atoms with Crippen LogP contribution in [0.15, 0.2) is 45.3 Å². The van der Waals surface area contributed by atoms with Crippen molar-refractivity contribution in [3.63, 3.8) is 0 Å². The highest BCUT2D eigenvalue weighted by molar-refractivity contribution is 7.12. The predicted octanol–water partition coefficient (Wildman–Crippen LogP) is 3.24. The highest BCUT2D eigenvalue weighted by Gasteiger charge is 2.29. The molecule has 1 aliphatic heterocycles. The molecule has 88 valence electrons. The Morgan fingerprint density at radius 2 is 1.56 bits per heavy atom. The number of amides is 1. The molecule has 0 aromatic carbocycles. The number of rotatable bonds is 2. The summed E-state index contributed by atoms with van der Waals surface area (Å²) >= 11 is 2.87. The van der Waals surface area contributed by atoms with Crippen LogP contribution in [0.5, 0.6) is 0 Å². The van der Waals surface area contributed by atoms with E-state index in [-0.39, 0.29) is 0 Å². The minimum atomic E-state index is -0.807. The molecule has 3 heterocycles. The van der Waals surface area contributed by atoms with E-state index in [1.165, 1.54) is 22.7 Å². The standard InChI is InChI=1S/C12H6N2O2S2/c15-11-9(7-3-1-5-17-7)10(13-14-12(11)16)8-4-2-6-18-8/h1-6H. The van der Waals surface area contributed by atoms with Gasteiger partial charge in [0.1, 0.15) is 5.70 Å². The van der Waals surface area contributed by atoms with Gasteiger partial charge in [-0.3, -0.25) is 9.59 Å². The highest BCUT2D eigenvalue weighted by Crippen LogP contribution is 2.35. The molecule has 0 bridgehead atoms. The van der Waals surface area contributed by atoms with Crippen LogP contribution in [0.4, 0.5) is 0 Å². The van der Waals surface area contributed by atoms with Crippen LogP contribution < -0.4 is 0 Å². The van der Waals surface area contributed by atoms with E-state index in [1.54, 1.807) is 6.07 Å². The number of nitrogens with zero attached hydrogens (tertiary/aromatic N) is 2. The van der Waals surface area contributed by atoms with E-state index in [4.69, 9.17) is 0 Å². The summed E-state index contributed by atoms with van der Waals surface area (Å²) < 4.78 is 0. The summed E-state index contributed by atoms with van der Waals surface area (Å²) in [5.41, 5.74) is 0.838. The molecule has 6 heteroatoms. The number of ketones is 1. The third-order valence-electron chi connectivity index (χ3n) is 2.42. The van der Waals surface area contributed by atoms with Crippen molar-refractivity contribution in [3.8, 4) is 0 Å². The van der Waals surface area contributed by atoms with Gasteiger partial charge in [-0.15, -0.1) is 32.9 Å². The zero-order chi connectivity index (χ0) is 12.5. The fourth-order valence-corrected chi connectivity index (χ4v) is 3.12. The predicted molar refractivity (Wildman–Crippen MR) is 70.3 cm³/mol.